The summed E-state index contributed by atoms with van der Waals surface area (Å²) in [5, 5.41) is 0. The minimum atomic E-state index is -0.0199. The Labute approximate surface area is 113 Å². The molecule has 5 nitrogen and oxygen atoms in total. The van der Waals surface area contributed by atoms with Crippen LogP contribution in [0.1, 0.15) is 35.6 Å². The maximum atomic E-state index is 12.2. The maximum absolute atomic E-state index is 12.2. The maximum Gasteiger partial charge on any atom is 0.289 e. The van der Waals surface area contributed by atoms with Gasteiger partial charge in [0.1, 0.15) is 5.76 Å². The van der Waals surface area contributed by atoms with Gasteiger partial charge in [-0.15, -0.1) is 0 Å². The lowest BCUT2D eigenvalue weighted by atomic mass is 10.1. The third kappa shape index (κ3) is 3.81. The van der Waals surface area contributed by atoms with Crippen molar-refractivity contribution < 1.29 is 13.9 Å². The minimum absolute atomic E-state index is 0.0199. The van der Waals surface area contributed by atoms with Crippen LogP contribution in [0.15, 0.2) is 16.5 Å². The van der Waals surface area contributed by atoms with E-state index in [1.807, 2.05) is 17.9 Å². The number of nitrogens with two attached hydrogens (primary N) is 1. The number of likely N-dealkylation sites (tertiary alicyclic amines) is 1. The van der Waals surface area contributed by atoms with E-state index in [9.17, 15) is 4.79 Å². The summed E-state index contributed by atoms with van der Waals surface area (Å²) in [7, 11) is 0. The van der Waals surface area contributed by atoms with E-state index in [4.69, 9.17) is 14.9 Å². The highest BCUT2D eigenvalue weighted by atomic mass is 16.5. The van der Waals surface area contributed by atoms with Crippen LogP contribution < -0.4 is 5.73 Å². The zero-order valence-electron chi connectivity index (χ0n) is 11.4. The van der Waals surface area contributed by atoms with Gasteiger partial charge in [0, 0.05) is 19.7 Å². The van der Waals surface area contributed by atoms with Gasteiger partial charge in [0.15, 0.2) is 5.76 Å². The van der Waals surface area contributed by atoms with Crippen LogP contribution in [0.25, 0.3) is 0 Å². The number of carbonyl (C=O) groups excluding carboxylic acids is 1. The Morgan fingerprint density at radius 3 is 2.79 bits per heavy atom. The molecule has 1 aromatic rings. The first-order valence-corrected chi connectivity index (χ1v) is 6.88. The van der Waals surface area contributed by atoms with Gasteiger partial charge in [-0.3, -0.25) is 4.79 Å². The highest BCUT2D eigenvalue weighted by molar-refractivity contribution is 5.91. The molecule has 19 heavy (non-hydrogen) atoms. The van der Waals surface area contributed by atoms with E-state index in [1.165, 1.54) is 0 Å². The van der Waals surface area contributed by atoms with E-state index in [0.717, 1.165) is 38.1 Å². The van der Waals surface area contributed by atoms with Gasteiger partial charge in [-0.25, -0.2) is 0 Å². The molecule has 0 bridgehead atoms. The molecule has 1 aliphatic rings. The average molecular weight is 266 g/mol. The second-order valence-corrected chi connectivity index (χ2v) is 4.91. The second-order valence-electron chi connectivity index (χ2n) is 4.91. The van der Waals surface area contributed by atoms with E-state index in [-0.39, 0.29) is 12.0 Å². The average Bonchev–Trinajstić information content (AvgIpc) is 2.86. The fraction of sp³-hybridized carbons (Fsp3) is 0.643. The van der Waals surface area contributed by atoms with Crippen LogP contribution >= 0.6 is 0 Å². The smallest absolute Gasteiger partial charge is 0.289 e. The Kier molecular flexibility index (Phi) is 4.99. The Bertz CT molecular complexity index is 409. The van der Waals surface area contributed by atoms with Gasteiger partial charge >= 0.3 is 0 Å². The Hall–Kier alpha value is -1.33. The third-order valence-electron chi connectivity index (χ3n) is 3.38. The first kappa shape index (κ1) is 14.1. The van der Waals surface area contributed by atoms with Crippen LogP contribution in [0, 0.1) is 6.92 Å². The fourth-order valence-corrected chi connectivity index (χ4v) is 2.26. The lowest BCUT2D eigenvalue weighted by Gasteiger charge is -2.31. The van der Waals surface area contributed by atoms with Crippen molar-refractivity contribution >= 4 is 5.91 Å². The number of amides is 1. The first-order valence-electron chi connectivity index (χ1n) is 6.88. The van der Waals surface area contributed by atoms with E-state index < -0.39 is 0 Å². The van der Waals surface area contributed by atoms with Crippen molar-refractivity contribution in [3.05, 3.63) is 23.7 Å². The van der Waals surface area contributed by atoms with Crippen molar-refractivity contribution in [3.63, 3.8) is 0 Å². The molecule has 1 aromatic heterocycles. The molecule has 2 rings (SSSR count). The SMILES string of the molecule is Cc1ccc(C(=O)N2CCC(OCCCN)CC2)o1. The molecular weight excluding hydrogens is 244 g/mol. The van der Waals surface area contributed by atoms with E-state index in [2.05, 4.69) is 0 Å². The van der Waals surface area contributed by atoms with Crippen LogP contribution in [-0.4, -0.2) is 43.2 Å². The van der Waals surface area contributed by atoms with Crippen LogP contribution in [0.4, 0.5) is 0 Å². The summed E-state index contributed by atoms with van der Waals surface area (Å²) in [5.41, 5.74) is 5.43. The topological polar surface area (TPSA) is 68.7 Å². The van der Waals surface area contributed by atoms with Gasteiger partial charge < -0.3 is 19.8 Å². The Balaban J connectivity index is 1.78. The van der Waals surface area contributed by atoms with E-state index >= 15 is 0 Å². The van der Waals surface area contributed by atoms with Gasteiger partial charge in [0.05, 0.1) is 6.10 Å². The lowest BCUT2D eigenvalue weighted by Crippen LogP contribution is -2.40. The molecule has 0 radical (unpaired) electrons. The number of nitrogens with zero attached hydrogens (tertiary/aromatic N) is 1. The van der Waals surface area contributed by atoms with Crippen molar-refractivity contribution in [1.29, 1.82) is 0 Å². The molecule has 1 saturated heterocycles. The lowest BCUT2D eigenvalue weighted by molar-refractivity contribution is 0.00761. The van der Waals surface area contributed by atoms with Gasteiger partial charge in [-0.05, 0) is 44.9 Å². The molecule has 5 heteroatoms. The van der Waals surface area contributed by atoms with E-state index in [0.29, 0.717) is 18.9 Å². The summed E-state index contributed by atoms with van der Waals surface area (Å²) < 4.78 is 11.1. The van der Waals surface area contributed by atoms with Gasteiger partial charge in [0.25, 0.3) is 5.91 Å². The molecule has 1 amide bonds. The molecule has 0 saturated carbocycles. The molecule has 0 atom stereocenters. The quantitative estimate of drug-likeness (QED) is 0.821. The van der Waals surface area contributed by atoms with Crippen molar-refractivity contribution in [1.82, 2.24) is 4.90 Å². The van der Waals surface area contributed by atoms with Crippen molar-refractivity contribution in [2.75, 3.05) is 26.2 Å². The van der Waals surface area contributed by atoms with Crippen molar-refractivity contribution in [2.24, 2.45) is 5.73 Å². The summed E-state index contributed by atoms with van der Waals surface area (Å²) in [6, 6.07) is 3.55. The van der Waals surface area contributed by atoms with Crippen LogP contribution in [0.2, 0.25) is 0 Å². The monoisotopic (exact) mass is 266 g/mol. The number of hydrogen-bond donors (Lipinski definition) is 1. The normalized spacial score (nSPS) is 16.8. The summed E-state index contributed by atoms with van der Waals surface area (Å²) in [6.45, 7) is 4.67. The molecule has 0 aliphatic carbocycles. The van der Waals surface area contributed by atoms with Crippen LogP contribution in [-0.2, 0) is 4.74 Å². The van der Waals surface area contributed by atoms with Gasteiger partial charge in [0.2, 0.25) is 0 Å². The molecule has 0 unspecified atom stereocenters. The highest BCUT2D eigenvalue weighted by Crippen LogP contribution is 2.17. The summed E-state index contributed by atoms with van der Waals surface area (Å²) in [5.74, 6) is 1.18. The molecule has 0 aromatic carbocycles. The predicted octanol–water partition coefficient (Wildman–Crippen LogP) is 1.56. The Morgan fingerprint density at radius 1 is 1.47 bits per heavy atom. The van der Waals surface area contributed by atoms with E-state index in [1.54, 1.807) is 6.07 Å². The molecule has 1 aliphatic heterocycles. The minimum Gasteiger partial charge on any atom is -0.456 e. The number of rotatable bonds is 5. The van der Waals surface area contributed by atoms with Gasteiger partial charge in [-0.1, -0.05) is 0 Å². The zero-order valence-corrected chi connectivity index (χ0v) is 11.4. The Morgan fingerprint density at radius 2 is 2.21 bits per heavy atom. The number of carbonyl (C=O) groups is 1. The summed E-state index contributed by atoms with van der Waals surface area (Å²) in [6.07, 6.45) is 2.92. The van der Waals surface area contributed by atoms with Crippen molar-refractivity contribution in [2.45, 2.75) is 32.3 Å². The first-order chi connectivity index (χ1) is 9.20. The molecule has 2 heterocycles. The second kappa shape index (κ2) is 6.73. The highest BCUT2D eigenvalue weighted by Gasteiger charge is 2.25. The number of furan rings is 1. The molecular formula is C14H22N2O3. The number of aryl methyl sites for hydroxylation is 1. The zero-order chi connectivity index (χ0) is 13.7. The largest absolute Gasteiger partial charge is 0.456 e. The number of hydrogen-bond acceptors (Lipinski definition) is 4. The number of piperidine rings is 1. The standard InChI is InChI=1S/C14H22N2O3/c1-11-3-4-13(19-11)14(17)16-8-5-12(6-9-16)18-10-2-7-15/h3-4,12H,2,5-10,15H2,1H3. The number of ether oxygens (including phenoxy) is 1. The van der Waals surface area contributed by atoms with Crippen LogP contribution in [0.3, 0.4) is 0 Å². The molecule has 0 spiro atoms. The summed E-state index contributed by atoms with van der Waals surface area (Å²) in [4.78, 5) is 14.0. The van der Waals surface area contributed by atoms with Crippen LogP contribution in [0.5, 0.6) is 0 Å². The summed E-state index contributed by atoms with van der Waals surface area (Å²) >= 11 is 0. The molecule has 106 valence electrons. The van der Waals surface area contributed by atoms with Crippen molar-refractivity contribution in [3.8, 4) is 0 Å². The molecule has 1 fully saturated rings. The van der Waals surface area contributed by atoms with Gasteiger partial charge in [-0.2, -0.15) is 0 Å². The fourth-order valence-electron chi connectivity index (χ4n) is 2.26. The predicted molar refractivity (Wildman–Crippen MR) is 72.0 cm³/mol. The third-order valence-corrected chi connectivity index (χ3v) is 3.38. The molecule has 2 N–H and O–H groups in total.